The molecular formula is C30H34F2N6O2. The molecule has 1 unspecified atom stereocenters. The Kier molecular flexibility index (Phi) is 7.29. The van der Waals surface area contributed by atoms with Crippen LogP contribution in [0.1, 0.15) is 41.3 Å². The maximum Gasteiger partial charge on any atom is 0.318 e. The molecule has 3 aliphatic rings. The molecule has 2 saturated heterocycles. The zero-order valence-corrected chi connectivity index (χ0v) is 22.9. The average Bonchev–Trinajstić information content (AvgIpc) is 3.22. The number of nitriles is 1. The molecule has 2 aromatic carbocycles. The van der Waals surface area contributed by atoms with Gasteiger partial charge in [0.15, 0.2) is 0 Å². The first-order valence-corrected chi connectivity index (χ1v) is 13.9. The van der Waals surface area contributed by atoms with E-state index in [1.165, 1.54) is 16.3 Å². The van der Waals surface area contributed by atoms with E-state index in [4.69, 9.17) is 19.4 Å². The Morgan fingerprint density at radius 3 is 2.83 bits per heavy atom. The number of likely N-dealkylation sites (tertiary alicyclic amines) is 1. The van der Waals surface area contributed by atoms with Gasteiger partial charge in [-0.15, -0.1) is 0 Å². The Morgan fingerprint density at radius 1 is 1.23 bits per heavy atom. The molecule has 4 heterocycles. The average molecular weight is 549 g/mol. The first-order valence-electron chi connectivity index (χ1n) is 13.9. The zero-order valence-electron chi connectivity index (χ0n) is 22.9. The molecule has 6 rings (SSSR count). The minimum atomic E-state index is -2.72. The maximum absolute atomic E-state index is 14.0. The molecule has 0 radical (unpaired) electrons. The van der Waals surface area contributed by atoms with Gasteiger partial charge in [0, 0.05) is 50.1 Å². The van der Waals surface area contributed by atoms with Crippen LogP contribution in [0.4, 0.5) is 14.6 Å². The summed E-state index contributed by atoms with van der Waals surface area (Å²) in [6.45, 7) is 4.34. The van der Waals surface area contributed by atoms with E-state index >= 15 is 0 Å². The predicted octanol–water partition coefficient (Wildman–Crippen LogP) is 4.16. The van der Waals surface area contributed by atoms with Crippen molar-refractivity contribution in [3.63, 3.8) is 0 Å². The quantitative estimate of drug-likeness (QED) is 0.492. The number of rotatable bonds is 6. The second-order valence-corrected chi connectivity index (χ2v) is 11.2. The van der Waals surface area contributed by atoms with Crippen LogP contribution in [-0.4, -0.2) is 72.7 Å². The number of anilines is 1. The molecule has 8 nitrogen and oxygen atoms in total. The molecule has 3 aromatic rings. The number of hydrogen-bond acceptors (Lipinski definition) is 8. The lowest BCUT2D eigenvalue weighted by atomic mass is 9.92. The smallest absolute Gasteiger partial charge is 0.318 e. The molecule has 210 valence electrons. The topological polar surface area (TPSA) is 86.5 Å². The van der Waals surface area contributed by atoms with Crippen LogP contribution in [0.25, 0.3) is 10.8 Å². The van der Waals surface area contributed by atoms with Crippen LogP contribution in [0.5, 0.6) is 6.01 Å². The molecule has 0 aliphatic carbocycles. The summed E-state index contributed by atoms with van der Waals surface area (Å²) < 4.78 is 40.4. The number of hydrogen-bond donors (Lipinski definition) is 1. The fraction of sp³-hybridized carbons (Fsp3) is 0.500. The molecule has 3 aliphatic heterocycles. The number of alkyl halides is 2. The van der Waals surface area contributed by atoms with E-state index in [1.807, 2.05) is 0 Å². The lowest BCUT2D eigenvalue weighted by molar-refractivity contribution is 0.0136. The van der Waals surface area contributed by atoms with E-state index in [2.05, 4.69) is 59.6 Å². The lowest BCUT2D eigenvalue weighted by Gasteiger charge is -2.36. The van der Waals surface area contributed by atoms with E-state index in [-0.39, 0.29) is 37.7 Å². The first kappa shape index (κ1) is 26.8. The van der Waals surface area contributed by atoms with Crippen LogP contribution in [-0.2, 0) is 17.8 Å². The van der Waals surface area contributed by atoms with E-state index in [1.54, 1.807) is 11.9 Å². The summed E-state index contributed by atoms with van der Waals surface area (Å²) in [4.78, 5) is 13.4. The van der Waals surface area contributed by atoms with Gasteiger partial charge in [-0.3, -0.25) is 4.90 Å². The Hall–Kier alpha value is -3.39. The summed E-state index contributed by atoms with van der Waals surface area (Å²) in [6.07, 6.45) is 0.505. The second kappa shape index (κ2) is 10.9. The van der Waals surface area contributed by atoms with Crippen molar-refractivity contribution in [2.45, 2.75) is 56.9 Å². The fourth-order valence-electron chi connectivity index (χ4n) is 6.27. The zero-order chi connectivity index (χ0) is 27.9. The van der Waals surface area contributed by atoms with Crippen molar-refractivity contribution in [1.82, 2.24) is 20.2 Å². The van der Waals surface area contributed by atoms with Crippen LogP contribution >= 0.6 is 0 Å². The van der Waals surface area contributed by atoms with Crippen molar-refractivity contribution in [2.24, 2.45) is 0 Å². The van der Waals surface area contributed by atoms with Crippen LogP contribution in [0.3, 0.4) is 0 Å². The molecule has 0 amide bonds. The van der Waals surface area contributed by atoms with Gasteiger partial charge in [-0.05, 0) is 35.9 Å². The SMILES string of the molecule is Cc1cccc2cccc(C3Cc4nc(OC[C@@H]5CC(F)(F)CN5C)nc(N5CCN[C@@H](CC#N)C5)c4CO3)c12. The number of likely N-dealkylation sites (N-methyl/N-ethyl adjacent to an activating group) is 1. The highest BCUT2D eigenvalue weighted by Crippen LogP contribution is 2.38. The van der Waals surface area contributed by atoms with Crippen LogP contribution in [0.15, 0.2) is 36.4 Å². The summed E-state index contributed by atoms with van der Waals surface area (Å²) in [5, 5.41) is 15.0. The molecule has 1 aromatic heterocycles. The van der Waals surface area contributed by atoms with Gasteiger partial charge in [0.2, 0.25) is 0 Å². The minimum Gasteiger partial charge on any atom is -0.462 e. The molecule has 1 N–H and O–H groups in total. The van der Waals surface area contributed by atoms with Crippen molar-refractivity contribution in [3.05, 3.63) is 58.8 Å². The monoisotopic (exact) mass is 548 g/mol. The lowest BCUT2D eigenvalue weighted by Crippen LogP contribution is -2.51. The van der Waals surface area contributed by atoms with Crippen molar-refractivity contribution >= 4 is 16.6 Å². The number of piperazine rings is 1. The molecule has 0 saturated carbocycles. The van der Waals surface area contributed by atoms with Gasteiger partial charge >= 0.3 is 6.01 Å². The van der Waals surface area contributed by atoms with Crippen molar-refractivity contribution < 1.29 is 18.3 Å². The van der Waals surface area contributed by atoms with Crippen molar-refractivity contribution in [3.8, 4) is 12.1 Å². The normalized spacial score (nSPS) is 24.6. The van der Waals surface area contributed by atoms with Gasteiger partial charge in [0.25, 0.3) is 5.92 Å². The third kappa shape index (κ3) is 5.33. The highest BCUT2D eigenvalue weighted by atomic mass is 19.3. The number of halogens is 2. The molecule has 0 bridgehead atoms. The molecule has 40 heavy (non-hydrogen) atoms. The number of aryl methyl sites for hydroxylation is 1. The van der Waals surface area contributed by atoms with E-state index in [9.17, 15) is 14.0 Å². The summed E-state index contributed by atoms with van der Waals surface area (Å²) in [5.41, 5.74) is 4.08. The largest absolute Gasteiger partial charge is 0.462 e. The standard InChI is InChI=1S/C30H34F2N6O2/c1-19-5-3-6-20-7-4-8-23(27(19)20)26-13-25-24(17-39-26)28(38-12-11-34-21(15-38)9-10-33)36-29(35-25)40-16-22-14-30(31,32)18-37(22)2/h3-8,21-22,26,34H,9,11-18H2,1-2H3/t21-,22-,26?/m0/s1. The molecule has 2 fully saturated rings. The maximum atomic E-state index is 14.0. The summed E-state index contributed by atoms with van der Waals surface area (Å²) in [7, 11) is 1.69. The van der Waals surface area contributed by atoms with Gasteiger partial charge in [-0.1, -0.05) is 36.4 Å². The Bertz CT molecular complexity index is 1440. The number of aromatic nitrogens is 2. The predicted molar refractivity (Wildman–Crippen MR) is 148 cm³/mol. The number of nitrogens with one attached hydrogen (secondary N) is 1. The number of fused-ring (bicyclic) bond motifs is 2. The highest BCUT2D eigenvalue weighted by molar-refractivity contribution is 5.89. The summed E-state index contributed by atoms with van der Waals surface area (Å²) >= 11 is 0. The Morgan fingerprint density at radius 2 is 2.05 bits per heavy atom. The minimum absolute atomic E-state index is 0.0269. The third-order valence-corrected chi connectivity index (χ3v) is 8.29. The van der Waals surface area contributed by atoms with E-state index < -0.39 is 12.0 Å². The van der Waals surface area contributed by atoms with Crippen LogP contribution in [0, 0.1) is 18.3 Å². The van der Waals surface area contributed by atoms with Crippen molar-refractivity contribution in [1.29, 1.82) is 5.26 Å². The van der Waals surface area contributed by atoms with Crippen LogP contribution in [0.2, 0.25) is 0 Å². The van der Waals surface area contributed by atoms with Crippen molar-refractivity contribution in [2.75, 3.05) is 44.7 Å². The van der Waals surface area contributed by atoms with E-state index in [0.29, 0.717) is 32.5 Å². The molecule has 10 heteroatoms. The van der Waals surface area contributed by atoms with Crippen LogP contribution < -0.4 is 15.0 Å². The highest BCUT2D eigenvalue weighted by Gasteiger charge is 2.43. The number of nitrogens with zero attached hydrogens (tertiary/aromatic N) is 5. The van der Waals surface area contributed by atoms with Gasteiger partial charge in [-0.25, -0.2) is 8.78 Å². The Balaban J connectivity index is 1.33. The van der Waals surface area contributed by atoms with Gasteiger partial charge in [-0.2, -0.15) is 15.2 Å². The number of ether oxygens (including phenoxy) is 2. The summed E-state index contributed by atoms with van der Waals surface area (Å²) in [5.74, 6) is -1.98. The third-order valence-electron chi connectivity index (χ3n) is 8.29. The van der Waals surface area contributed by atoms with Gasteiger partial charge in [0.1, 0.15) is 12.4 Å². The van der Waals surface area contributed by atoms with Gasteiger partial charge in [0.05, 0.1) is 37.4 Å². The number of benzene rings is 2. The van der Waals surface area contributed by atoms with Gasteiger partial charge < -0.3 is 19.7 Å². The Labute approximate surface area is 232 Å². The van der Waals surface area contributed by atoms with E-state index in [0.717, 1.165) is 29.2 Å². The molecule has 3 atom stereocenters. The first-order chi connectivity index (χ1) is 19.3. The molecular weight excluding hydrogens is 514 g/mol. The second-order valence-electron chi connectivity index (χ2n) is 11.2. The fourth-order valence-corrected chi connectivity index (χ4v) is 6.27. The summed E-state index contributed by atoms with van der Waals surface area (Å²) in [6, 6.07) is 14.6. The molecule has 0 spiro atoms.